The summed E-state index contributed by atoms with van der Waals surface area (Å²) in [6.45, 7) is 2.69. The smallest absolute Gasteiger partial charge is 0.0431 e. The standard InChI is InChI=1S/C12H26ClNO/c1-14(11-7-4-8-12-15)10-6-3-2-5-9-13/h15H,2-12H2,1H3. The van der Waals surface area contributed by atoms with Gasteiger partial charge < -0.3 is 10.0 Å². The van der Waals surface area contributed by atoms with Gasteiger partial charge in [0.2, 0.25) is 0 Å². The molecule has 0 saturated carbocycles. The fourth-order valence-electron chi connectivity index (χ4n) is 1.61. The monoisotopic (exact) mass is 235 g/mol. The van der Waals surface area contributed by atoms with Gasteiger partial charge in [-0.05, 0) is 52.2 Å². The highest BCUT2D eigenvalue weighted by Gasteiger charge is 1.97. The predicted octanol–water partition coefficient (Wildman–Crippen LogP) is 2.88. The molecule has 2 nitrogen and oxygen atoms in total. The van der Waals surface area contributed by atoms with Crippen LogP contribution in [0.1, 0.15) is 44.9 Å². The Morgan fingerprint density at radius 2 is 1.40 bits per heavy atom. The number of hydrogen-bond acceptors (Lipinski definition) is 2. The van der Waals surface area contributed by atoms with Crippen molar-refractivity contribution in [1.82, 2.24) is 4.90 Å². The van der Waals surface area contributed by atoms with Gasteiger partial charge in [-0.3, -0.25) is 0 Å². The van der Waals surface area contributed by atoms with E-state index in [1.807, 2.05) is 0 Å². The summed E-state index contributed by atoms with van der Waals surface area (Å²) in [5.74, 6) is 0.803. The Labute approximate surface area is 99.6 Å². The maximum absolute atomic E-state index is 8.63. The van der Waals surface area contributed by atoms with Crippen molar-refractivity contribution < 1.29 is 5.11 Å². The maximum atomic E-state index is 8.63. The molecule has 0 aliphatic rings. The molecule has 0 fully saturated rings. The number of aliphatic hydroxyl groups is 1. The highest BCUT2D eigenvalue weighted by molar-refractivity contribution is 6.17. The molecule has 15 heavy (non-hydrogen) atoms. The van der Waals surface area contributed by atoms with Gasteiger partial charge in [-0.25, -0.2) is 0 Å². The normalized spacial score (nSPS) is 11.2. The lowest BCUT2D eigenvalue weighted by atomic mass is 10.2. The van der Waals surface area contributed by atoms with Crippen LogP contribution in [0.4, 0.5) is 0 Å². The van der Waals surface area contributed by atoms with Crippen LogP contribution in [0.3, 0.4) is 0 Å². The van der Waals surface area contributed by atoms with Crippen LogP contribution in [0, 0.1) is 0 Å². The van der Waals surface area contributed by atoms with Gasteiger partial charge in [0.1, 0.15) is 0 Å². The first kappa shape index (κ1) is 15.2. The molecule has 0 atom stereocenters. The van der Waals surface area contributed by atoms with Crippen molar-refractivity contribution in [3.63, 3.8) is 0 Å². The third-order valence-corrected chi connectivity index (χ3v) is 2.89. The molecule has 1 N–H and O–H groups in total. The molecule has 3 heteroatoms. The van der Waals surface area contributed by atoms with Crippen molar-refractivity contribution in [1.29, 1.82) is 0 Å². The Morgan fingerprint density at radius 1 is 0.867 bits per heavy atom. The van der Waals surface area contributed by atoms with Gasteiger partial charge in [0.25, 0.3) is 0 Å². The van der Waals surface area contributed by atoms with E-state index in [2.05, 4.69) is 11.9 Å². The molecule has 0 saturated heterocycles. The number of rotatable bonds is 11. The van der Waals surface area contributed by atoms with Crippen LogP contribution in [0.2, 0.25) is 0 Å². The number of nitrogens with zero attached hydrogens (tertiary/aromatic N) is 1. The predicted molar refractivity (Wildman–Crippen MR) is 67.6 cm³/mol. The number of halogens is 1. The summed E-state index contributed by atoms with van der Waals surface area (Å²) in [6, 6.07) is 0. The molecular formula is C12H26ClNO. The zero-order chi connectivity index (χ0) is 11.4. The van der Waals surface area contributed by atoms with Gasteiger partial charge in [0.15, 0.2) is 0 Å². The molecule has 0 bridgehead atoms. The van der Waals surface area contributed by atoms with Crippen molar-refractivity contribution in [3.8, 4) is 0 Å². The zero-order valence-corrected chi connectivity index (χ0v) is 10.8. The lowest BCUT2D eigenvalue weighted by molar-refractivity contribution is 0.271. The second-order valence-corrected chi connectivity index (χ2v) is 4.57. The highest BCUT2D eigenvalue weighted by Crippen LogP contribution is 2.03. The first-order valence-corrected chi connectivity index (χ1v) is 6.70. The quantitative estimate of drug-likeness (QED) is 0.440. The fourth-order valence-corrected chi connectivity index (χ4v) is 1.80. The van der Waals surface area contributed by atoms with Crippen LogP contribution in [0.25, 0.3) is 0 Å². The van der Waals surface area contributed by atoms with Crippen molar-refractivity contribution >= 4 is 11.6 Å². The molecule has 0 unspecified atom stereocenters. The zero-order valence-electron chi connectivity index (χ0n) is 10.1. The average molecular weight is 236 g/mol. The molecule has 0 aliphatic carbocycles. The summed E-state index contributed by atoms with van der Waals surface area (Å²) in [5.41, 5.74) is 0. The number of unbranched alkanes of at least 4 members (excludes halogenated alkanes) is 5. The van der Waals surface area contributed by atoms with Crippen LogP contribution < -0.4 is 0 Å². The fraction of sp³-hybridized carbons (Fsp3) is 1.00. The van der Waals surface area contributed by atoms with E-state index in [9.17, 15) is 0 Å². The van der Waals surface area contributed by atoms with Crippen molar-refractivity contribution in [2.75, 3.05) is 32.6 Å². The average Bonchev–Trinajstić information content (AvgIpc) is 2.24. The van der Waals surface area contributed by atoms with Gasteiger partial charge in [-0.2, -0.15) is 0 Å². The minimum atomic E-state index is 0.335. The molecule has 0 rings (SSSR count). The molecule has 0 spiro atoms. The molecule has 0 radical (unpaired) electrons. The molecule has 0 aromatic carbocycles. The lowest BCUT2D eigenvalue weighted by Gasteiger charge is -2.15. The van der Waals surface area contributed by atoms with E-state index >= 15 is 0 Å². The second kappa shape index (κ2) is 12.3. The molecule has 0 aromatic rings. The van der Waals surface area contributed by atoms with E-state index in [1.165, 1.54) is 32.2 Å². The number of hydrogen-bond donors (Lipinski definition) is 1. The van der Waals surface area contributed by atoms with Gasteiger partial charge in [0.05, 0.1) is 0 Å². The summed E-state index contributed by atoms with van der Waals surface area (Å²) in [5, 5.41) is 8.63. The van der Waals surface area contributed by atoms with Crippen LogP contribution in [-0.4, -0.2) is 42.6 Å². The summed E-state index contributed by atoms with van der Waals surface area (Å²) in [4.78, 5) is 2.39. The first-order valence-electron chi connectivity index (χ1n) is 6.16. The summed E-state index contributed by atoms with van der Waals surface area (Å²) >= 11 is 5.61. The minimum Gasteiger partial charge on any atom is -0.396 e. The van der Waals surface area contributed by atoms with Crippen LogP contribution >= 0.6 is 11.6 Å². The minimum absolute atomic E-state index is 0.335. The van der Waals surface area contributed by atoms with Crippen molar-refractivity contribution in [2.45, 2.75) is 44.9 Å². The maximum Gasteiger partial charge on any atom is 0.0431 e. The SMILES string of the molecule is CN(CCCCCO)CCCCCCCl. The van der Waals surface area contributed by atoms with E-state index in [0.29, 0.717) is 6.61 Å². The second-order valence-electron chi connectivity index (χ2n) is 4.19. The first-order chi connectivity index (χ1) is 7.31. The van der Waals surface area contributed by atoms with Crippen molar-refractivity contribution in [2.24, 2.45) is 0 Å². The van der Waals surface area contributed by atoms with Gasteiger partial charge in [-0.15, -0.1) is 11.6 Å². The Hall–Kier alpha value is 0.210. The van der Waals surface area contributed by atoms with Crippen LogP contribution in [0.15, 0.2) is 0 Å². The molecular weight excluding hydrogens is 210 g/mol. The number of alkyl halides is 1. The summed E-state index contributed by atoms with van der Waals surface area (Å²) < 4.78 is 0. The Morgan fingerprint density at radius 3 is 1.93 bits per heavy atom. The van der Waals surface area contributed by atoms with E-state index in [0.717, 1.165) is 31.7 Å². The van der Waals surface area contributed by atoms with Gasteiger partial charge in [-0.1, -0.05) is 12.8 Å². The molecule has 0 heterocycles. The number of aliphatic hydroxyl groups excluding tert-OH is 1. The van der Waals surface area contributed by atoms with Crippen molar-refractivity contribution in [3.05, 3.63) is 0 Å². The van der Waals surface area contributed by atoms with E-state index < -0.39 is 0 Å². The Bertz CT molecular complexity index is 122. The molecule has 92 valence electrons. The highest BCUT2D eigenvalue weighted by atomic mass is 35.5. The van der Waals surface area contributed by atoms with Gasteiger partial charge in [0, 0.05) is 12.5 Å². The largest absolute Gasteiger partial charge is 0.396 e. The van der Waals surface area contributed by atoms with E-state index in [1.54, 1.807) is 0 Å². The third-order valence-electron chi connectivity index (χ3n) is 2.62. The molecule has 0 amide bonds. The molecule has 0 aromatic heterocycles. The van der Waals surface area contributed by atoms with Gasteiger partial charge >= 0.3 is 0 Å². The molecule has 0 aliphatic heterocycles. The van der Waals surface area contributed by atoms with Crippen LogP contribution in [0.5, 0.6) is 0 Å². The Kier molecular flexibility index (Phi) is 12.5. The summed E-state index contributed by atoms with van der Waals surface area (Å²) in [7, 11) is 2.18. The van der Waals surface area contributed by atoms with E-state index in [4.69, 9.17) is 16.7 Å². The third kappa shape index (κ3) is 12.1. The van der Waals surface area contributed by atoms with Crippen LogP contribution in [-0.2, 0) is 0 Å². The lowest BCUT2D eigenvalue weighted by Crippen LogP contribution is -2.20. The topological polar surface area (TPSA) is 23.5 Å². The Balaban J connectivity index is 3.08. The van der Waals surface area contributed by atoms with E-state index in [-0.39, 0.29) is 0 Å². The summed E-state index contributed by atoms with van der Waals surface area (Å²) in [6.07, 6.45) is 8.31.